The summed E-state index contributed by atoms with van der Waals surface area (Å²) in [7, 11) is 0. The van der Waals surface area contributed by atoms with Gasteiger partial charge in [-0.2, -0.15) is 0 Å². The molecule has 1 aliphatic heterocycles. The van der Waals surface area contributed by atoms with E-state index in [0.29, 0.717) is 24.3 Å². The average Bonchev–Trinajstić information content (AvgIpc) is 2.94. The Kier molecular flexibility index (Phi) is 4.57. The summed E-state index contributed by atoms with van der Waals surface area (Å²) in [5, 5.41) is 3.08. The van der Waals surface area contributed by atoms with E-state index in [1.807, 2.05) is 18.2 Å². The van der Waals surface area contributed by atoms with E-state index in [-0.39, 0.29) is 11.7 Å². The van der Waals surface area contributed by atoms with Crippen LogP contribution in [0.15, 0.2) is 18.2 Å². The van der Waals surface area contributed by atoms with Gasteiger partial charge in [0.05, 0.1) is 0 Å². The van der Waals surface area contributed by atoms with E-state index >= 15 is 0 Å². The molecule has 1 aromatic carbocycles. The molecule has 2 aliphatic rings. The van der Waals surface area contributed by atoms with Crippen LogP contribution in [0.2, 0.25) is 0 Å². The van der Waals surface area contributed by atoms with Crippen molar-refractivity contribution in [3.8, 4) is 0 Å². The molecule has 1 fully saturated rings. The van der Waals surface area contributed by atoms with E-state index in [1.165, 1.54) is 19.4 Å². The van der Waals surface area contributed by atoms with Crippen LogP contribution in [0.25, 0.3) is 0 Å². The van der Waals surface area contributed by atoms with Gasteiger partial charge in [-0.3, -0.25) is 9.59 Å². The molecule has 1 amide bonds. The Labute approximate surface area is 131 Å². The Bertz CT molecular complexity index is 582. The number of Topliss-reactive ketones (excluding diaryl/α,β-unsaturated/α-hetero) is 1. The number of rotatable bonds is 4. The van der Waals surface area contributed by atoms with Crippen LogP contribution in [-0.2, 0) is 6.42 Å². The van der Waals surface area contributed by atoms with Crippen LogP contribution in [0, 0.1) is 5.92 Å². The van der Waals surface area contributed by atoms with Gasteiger partial charge in [-0.15, -0.1) is 0 Å². The molecule has 1 heterocycles. The Morgan fingerprint density at radius 1 is 1.36 bits per heavy atom. The van der Waals surface area contributed by atoms with Crippen LogP contribution >= 0.6 is 0 Å². The summed E-state index contributed by atoms with van der Waals surface area (Å²) in [6.45, 7) is 6.24. The summed E-state index contributed by atoms with van der Waals surface area (Å²) < 4.78 is 0. The summed E-state index contributed by atoms with van der Waals surface area (Å²) in [4.78, 5) is 26.7. The lowest BCUT2D eigenvalue weighted by Crippen LogP contribution is -2.40. The largest absolute Gasteiger partial charge is 0.352 e. The molecule has 1 aliphatic carbocycles. The lowest BCUT2D eigenvalue weighted by atomic mass is 9.97. The Morgan fingerprint density at radius 2 is 2.23 bits per heavy atom. The Hall–Kier alpha value is -1.68. The first kappa shape index (κ1) is 15.2. The number of piperidine rings is 1. The number of carbonyl (C=O) groups excluding carboxylic acids is 2. The SMILES string of the molecule is CCN1CCCC(CNC(=O)c2cccc3c2CCC3=O)C1. The fraction of sp³-hybridized carbons (Fsp3) is 0.556. The van der Waals surface area contributed by atoms with E-state index in [2.05, 4.69) is 17.1 Å². The summed E-state index contributed by atoms with van der Waals surface area (Å²) in [5.74, 6) is 0.673. The number of likely N-dealkylation sites (tertiary alicyclic amines) is 1. The van der Waals surface area contributed by atoms with Crippen LogP contribution in [0.4, 0.5) is 0 Å². The standard InChI is InChI=1S/C18H24N2O2/c1-2-20-10-4-5-13(12-20)11-19-18(22)16-7-3-6-15-14(16)8-9-17(15)21/h3,6-7,13H,2,4-5,8-12H2,1H3,(H,19,22). The topological polar surface area (TPSA) is 49.4 Å². The van der Waals surface area contributed by atoms with Gasteiger partial charge in [0.25, 0.3) is 5.91 Å². The molecule has 1 saturated heterocycles. The Balaban J connectivity index is 1.62. The van der Waals surface area contributed by atoms with Crippen molar-refractivity contribution < 1.29 is 9.59 Å². The zero-order valence-electron chi connectivity index (χ0n) is 13.2. The number of benzene rings is 1. The molecule has 1 N–H and O–H groups in total. The van der Waals surface area contributed by atoms with Gasteiger partial charge < -0.3 is 10.2 Å². The first-order chi connectivity index (χ1) is 10.7. The number of fused-ring (bicyclic) bond motifs is 1. The van der Waals surface area contributed by atoms with E-state index in [9.17, 15) is 9.59 Å². The number of hydrogen-bond donors (Lipinski definition) is 1. The lowest BCUT2D eigenvalue weighted by molar-refractivity contribution is 0.0932. The van der Waals surface area contributed by atoms with Crippen LogP contribution < -0.4 is 5.32 Å². The van der Waals surface area contributed by atoms with Crippen molar-refractivity contribution in [1.29, 1.82) is 0 Å². The van der Waals surface area contributed by atoms with Crippen LogP contribution in [0.3, 0.4) is 0 Å². The molecule has 4 nitrogen and oxygen atoms in total. The molecular weight excluding hydrogens is 276 g/mol. The maximum absolute atomic E-state index is 12.5. The van der Waals surface area contributed by atoms with Crippen molar-refractivity contribution in [3.63, 3.8) is 0 Å². The van der Waals surface area contributed by atoms with Gasteiger partial charge in [-0.1, -0.05) is 19.1 Å². The monoisotopic (exact) mass is 300 g/mol. The molecule has 3 rings (SSSR count). The molecule has 1 atom stereocenters. The number of carbonyl (C=O) groups is 2. The minimum absolute atomic E-state index is 0.0276. The fourth-order valence-corrected chi connectivity index (χ4v) is 3.64. The van der Waals surface area contributed by atoms with Crippen molar-refractivity contribution in [1.82, 2.24) is 10.2 Å². The van der Waals surface area contributed by atoms with Crippen molar-refractivity contribution in [3.05, 3.63) is 34.9 Å². The summed E-state index contributed by atoms with van der Waals surface area (Å²) in [6, 6.07) is 5.49. The number of hydrogen-bond acceptors (Lipinski definition) is 3. The zero-order chi connectivity index (χ0) is 15.5. The van der Waals surface area contributed by atoms with Gasteiger partial charge in [0.15, 0.2) is 5.78 Å². The third kappa shape index (κ3) is 3.07. The Morgan fingerprint density at radius 3 is 3.05 bits per heavy atom. The summed E-state index contributed by atoms with van der Waals surface area (Å²) >= 11 is 0. The maximum Gasteiger partial charge on any atom is 0.251 e. The van der Waals surface area contributed by atoms with Gasteiger partial charge in [-0.25, -0.2) is 0 Å². The van der Waals surface area contributed by atoms with E-state index in [0.717, 1.165) is 30.8 Å². The smallest absolute Gasteiger partial charge is 0.251 e. The molecule has 0 aromatic heterocycles. The van der Waals surface area contributed by atoms with Crippen molar-refractivity contribution in [2.45, 2.75) is 32.6 Å². The fourth-order valence-electron chi connectivity index (χ4n) is 3.64. The predicted molar refractivity (Wildman–Crippen MR) is 86.3 cm³/mol. The molecule has 0 radical (unpaired) electrons. The first-order valence-electron chi connectivity index (χ1n) is 8.34. The first-order valence-corrected chi connectivity index (χ1v) is 8.34. The highest BCUT2D eigenvalue weighted by atomic mass is 16.1. The van der Waals surface area contributed by atoms with Gasteiger partial charge in [0, 0.05) is 30.6 Å². The molecule has 118 valence electrons. The molecular formula is C18H24N2O2. The van der Waals surface area contributed by atoms with Crippen molar-refractivity contribution >= 4 is 11.7 Å². The summed E-state index contributed by atoms with van der Waals surface area (Å²) in [6.07, 6.45) is 3.63. The summed E-state index contributed by atoms with van der Waals surface area (Å²) in [5.41, 5.74) is 2.36. The predicted octanol–water partition coefficient (Wildman–Crippen LogP) is 2.28. The quantitative estimate of drug-likeness (QED) is 0.928. The third-order valence-electron chi connectivity index (χ3n) is 4.92. The lowest BCUT2D eigenvalue weighted by Gasteiger charge is -2.31. The highest BCUT2D eigenvalue weighted by molar-refractivity contribution is 6.05. The van der Waals surface area contributed by atoms with E-state index in [1.54, 1.807) is 0 Å². The van der Waals surface area contributed by atoms with Crippen molar-refractivity contribution in [2.24, 2.45) is 5.92 Å². The molecule has 0 spiro atoms. The highest BCUT2D eigenvalue weighted by Gasteiger charge is 2.25. The average molecular weight is 300 g/mol. The van der Waals surface area contributed by atoms with E-state index in [4.69, 9.17) is 0 Å². The maximum atomic E-state index is 12.5. The molecule has 1 unspecified atom stereocenters. The second kappa shape index (κ2) is 6.61. The number of amides is 1. The second-order valence-electron chi connectivity index (χ2n) is 6.37. The number of nitrogens with one attached hydrogen (secondary N) is 1. The van der Waals surface area contributed by atoms with E-state index < -0.39 is 0 Å². The van der Waals surface area contributed by atoms with Gasteiger partial charge in [-0.05, 0) is 49.9 Å². The third-order valence-corrected chi connectivity index (χ3v) is 4.92. The van der Waals surface area contributed by atoms with Crippen LogP contribution in [-0.4, -0.2) is 42.8 Å². The number of ketones is 1. The highest BCUT2D eigenvalue weighted by Crippen LogP contribution is 2.25. The molecule has 1 aromatic rings. The normalized spacial score (nSPS) is 21.7. The van der Waals surface area contributed by atoms with Gasteiger partial charge in [0.1, 0.15) is 0 Å². The molecule has 4 heteroatoms. The van der Waals surface area contributed by atoms with Crippen LogP contribution in [0.1, 0.15) is 52.5 Å². The van der Waals surface area contributed by atoms with Crippen molar-refractivity contribution in [2.75, 3.05) is 26.2 Å². The molecule has 0 saturated carbocycles. The van der Waals surface area contributed by atoms with Crippen LogP contribution in [0.5, 0.6) is 0 Å². The van der Waals surface area contributed by atoms with Gasteiger partial charge >= 0.3 is 0 Å². The minimum Gasteiger partial charge on any atom is -0.352 e. The zero-order valence-corrected chi connectivity index (χ0v) is 13.2. The minimum atomic E-state index is -0.0276. The van der Waals surface area contributed by atoms with Gasteiger partial charge in [0.2, 0.25) is 0 Å². The molecule has 22 heavy (non-hydrogen) atoms. The molecule has 0 bridgehead atoms. The second-order valence-corrected chi connectivity index (χ2v) is 6.37. The number of nitrogens with zero attached hydrogens (tertiary/aromatic N) is 1.